The van der Waals surface area contributed by atoms with Crippen molar-refractivity contribution in [2.24, 2.45) is 9.32 Å². The van der Waals surface area contributed by atoms with Crippen LogP contribution in [0.5, 0.6) is 0 Å². The molecule has 0 atom stereocenters. The molecule has 226 valence electrons. The van der Waals surface area contributed by atoms with Crippen LogP contribution in [-0.4, -0.2) is 28.9 Å². The Balaban J connectivity index is 1.32. The summed E-state index contributed by atoms with van der Waals surface area (Å²) in [4.78, 5) is 2.22. The molecule has 0 unspecified atom stereocenters. The number of hydrogen-bond acceptors (Lipinski definition) is 3. The first kappa shape index (κ1) is 30.4. The third kappa shape index (κ3) is 6.16. The molecule has 0 radical (unpaired) electrons. The van der Waals surface area contributed by atoms with Gasteiger partial charge in [0.1, 0.15) is 0 Å². The third-order valence-corrected chi connectivity index (χ3v) is 17.6. The minimum Gasteiger partial charge on any atom is -0.310 e. The summed E-state index contributed by atoms with van der Waals surface area (Å²) in [5.41, 5.74) is 0. The lowest BCUT2D eigenvalue weighted by Gasteiger charge is -2.29. The van der Waals surface area contributed by atoms with Crippen LogP contribution in [0.25, 0.3) is 0 Å². The highest BCUT2D eigenvalue weighted by molar-refractivity contribution is 7.16. The molecule has 5 heteroatoms. The molecule has 0 fully saturated rings. The van der Waals surface area contributed by atoms with Gasteiger partial charge in [0, 0.05) is 22.2 Å². The first-order valence-corrected chi connectivity index (χ1v) is 20.5. The second kappa shape index (κ2) is 14.1. The molecule has 47 heavy (non-hydrogen) atoms. The lowest BCUT2D eigenvalue weighted by molar-refractivity contribution is 1.61. The fourth-order valence-corrected chi connectivity index (χ4v) is 14.9. The largest absolute Gasteiger partial charge is 0.310 e. The molecule has 7 rings (SSSR count). The number of hydrogen-bond donors (Lipinski definition) is 0. The maximum absolute atomic E-state index is 5.59. The van der Waals surface area contributed by atoms with Crippen LogP contribution in [0.4, 0.5) is 0 Å². The van der Waals surface area contributed by atoms with E-state index >= 15 is 0 Å². The average molecular weight is 655 g/mol. The molecule has 0 spiro atoms. The smallest absolute Gasteiger partial charge is 0.273 e. The Labute approximate surface area is 283 Å². The summed E-state index contributed by atoms with van der Waals surface area (Å²) < 4.78 is 11.2. The molecule has 0 aliphatic carbocycles. The molecule has 0 bridgehead atoms. The molecular weight excluding hydrogens is 621 g/mol. The van der Waals surface area contributed by atoms with Crippen molar-refractivity contribution in [3.8, 4) is 0 Å². The zero-order valence-electron chi connectivity index (χ0n) is 25.9. The zero-order chi connectivity index (χ0) is 31.8. The van der Waals surface area contributed by atoms with Crippen molar-refractivity contribution in [3.63, 3.8) is 0 Å². The normalized spacial score (nSPS) is 12.1. The molecule has 7 aromatic rings. The van der Waals surface area contributed by atoms with E-state index in [2.05, 4.69) is 207 Å². The van der Waals surface area contributed by atoms with Crippen LogP contribution in [0.3, 0.4) is 0 Å². The molecule has 0 amide bonds. The minimum absolute atomic E-state index is 1.11. The van der Waals surface area contributed by atoms with Crippen molar-refractivity contribution >= 4 is 71.4 Å². The van der Waals surface area contributed by atoms with Gasteiger partial charge in [-0.15, -0.1) is 11.3 Å². The van der Waals surface area contributed by atoms with Crippen molar-refractivity contribution in [1.82, 2.24) is 0 Å². The maximum atomic E-state index is 5.59. The fraction of sp³-hybridized carbons (Fsp3) is 0. The Kier molecular flexibility index (Phi) is 9.11. The van der Waals surface area contributed by atoms with E-state index in [1.165, 1.54) is 31.1 Å². The van der Waals surface area contributed by atoms with Gasteiger partial charge in [-0.3, -0.25) is 0 Å². The van der Waals surface area contributed by atoms with Gasteiger partial charge < -0.3 is 9.32 Å². The van der Waals surface area contributed by atoms with Crippen molar-refractivity contribution in [1.29, 1.82) is 0 Å². The molecule has 0 aliphatic heterocycles. The Morgan fingerprint density at radius 1 is 0.298 bits per heavy atom. The lowest BCUT2D eigenvalue weighted by atomic mass is 10.3. The molecule has 0 saturated heterocycles. The summed E-state index contributed by atoms with van der Waals surface area (Å²) in [5.74, 6) is 0. The Bertz CT molecular complexity index is 1720. The van der Waals surface area contributed by atoms with Crippen molar-refractivity contribution in [3.05, 3.63) is 204 Å². The van der Waals surface area contributed by atoms with Gasteiger partial charge in [0.2, 0.25) is 0 Å². The SMILES string of the molecule is C(=N\[Si](c1ccccc1)(c1ccccc1)c1ccccc1)/c1ccc(/C=N/[Si](c2ccccc2)(c2ccccc2)c2ccccc2)s1. The van der Waals surface area contributed by atoms with E-state index < -0.39 is 16.5 Å². The van der Waals surface area contributed by atoms with Crippen LogP contribution in [0.15, 0.2) is 203 Å². The van der Waals surface area contributed by atoms with Gasteiger partial charge in [-0.25, -0.2) is 0 Å². The first-order valence-electron chi connectivity index (χ1n) is 15.8. The number of nitrogens with zero attached hydrogens (tertiary/aromatic N) is 2. The summed E-state index contributed by atoms with van der Waals surface area (Å²) in [7, 11) is -5.46. The predicted molar refractivity (Wildman–Crippen MR) is 207 cm³/mol. The number of rotatable bonds is 10. The van der Waals surface area contributed by atoms with E-state index in [1.54, 1.807) is 11.3 Å². The fourth-order valence-electron chi connectivity index (χ4n) is 6.35. The third-order valence-electron chi connectivity index (χ3n) is 8.57. The van der Waals surface area contributed by atoms with Gasteiger partial charge in [0.25, 0.3) is 16.5 Å². The highest BCUT2D eigenvalue weighted by Crippen LogP contribution is 2.17. The van der Waals surface area contributed by atoms with Crippen LogP contribution in [-0.2, 0) is 0 Å². The predicted octanol–water partition coefficient (Wildman–Crippen LogP) is 5.92. The lowest BCUT2D eigenvalue weighted by Crippen LogP contribution is -2.66. The summed E-state index contributed by atoms with van der Waals surface area (Å²) in [6, 6.07) is 69.1. The first-order chi connectivity index (χ1) is 23.3. The molecule has 0 saturated carbocycles. The Morgan fingerprint density at radius 2 is 0.511 bits per heavy atom. The van der Waals surface area contributed by atoms with Gasteiger partial charge in [-0.1, -0.05) is 182 Å². The van der Waals surface area contributed by atoms with Crippen LogP contribution in [0.1, 0.15) is 9.75 Å². The summed E-state index contributed by atoms with van der Waals surface area (Å²) in [6.45, 7) is 0. The van der Waals surface area contributed by atoms with E-state index in [1.807, 2.05) is 0 Å². The zero-order valence-corrected chi connectivity index (χ0v) is 28.7. The molecule has 6 aromatic carbocycles. The van der Waals surface area contributed by atoms with Gasteiger partial charge in [0.05, 0.1) is 0 Å². The quantitative estimate of drug-likeness (QED) is 0.0995. The Hall–Kier alpha value is -5.21. The standard InChI is InChI=1S/C42H34N2SSi2/c1-7-19-37(20-8-1)46(38-21-9-2-10-22-38,39-23-11-3-12-24-39)43-33-35-31-32-36(45-35)34-44-47(40-25-13-4-14-26-40,41-27-15-5-16-28-41)42-29-17-6-18-30-42/h1-34H/b43-33+,44-34+. The molecular formula is C42H34N2SSi2. The van der Waals surface area contributed by atoms with E-state index in [0.29, 0.717) is 0 Å². The molecule has 0 aliphatic rings. The van der Waals surface area contributed by atoms with Crippen LogP contribution < -0.4 is 31.1 Å². The average Bonchev–Trinajstić information content (AvgIpc) is 3.63. The van der Waals surface area contributed by atoms with Crippen molar-refractivity contribution in [2.75, 3.05) is 0 Å². The monoisotopic (exact) mass is 654 g/mol. The Morgan fingerprint density at radius 3 is 0.723 bits per heavy atom. The van der Waals surface area contributed by atoms with Gasteiger partial charge in [-0.2, -0.15) is 0 Å². The summed E-state index contributed by atoms with van der Waals surface area (Å²) in [6.07, 6.45) is 4.19. The van der Waals surface area contributed by atoms with Crippen LogP contribution in [0.2, 0.25) is 0 Å². The second-order valence-electron chi connectivity index (χ2n) is 11.4. The van der Waals surface area contributed by atoms with Crippen LogP contribution in [0, 0.1) is 0 Å². The summed E-state index contributed by atoms with van der Waals surface area (Å²) in [5, 5.41) is 7.56. The number of thiophene rings is 1. The van der Waals surface area contributed by atoms with E-state index in [9.17, 15) is 0 Å². The van der Waals surface area contributed by atoms with Crippen LogP contribution >= 0.6 is 11.3 Å². The van der Waals surface area contributed by atoms with E-state index in [-0.39, 0.29) is 0 Å². The van der Waals surface area contributed by atoms with Gasteiger partial charge in [-0.05, 0) is 43.3 Å². The molecule has 1 aromatic heterocycles. The highest BCUT2D eigenvalue weighted by atomic mass is 32.1. The van der Waals surface area contributed by atoms with E-state index in [0.717, 1.165) is 9.75 Å². The second-order valence-corrected chi connectivity index (χ2v) is 19.3. The number of benzene rings is 6. The minimum atomic E-state index is -2.73. The van der Waals surface area contributed by atoms with Gasteiger partial charge in [0.15, 0.2) is 0 Å². The molecule has 0 N–H and O–H groups in total. The van der Waals surface area contributed by atoms with Crippen molar-refractivity contribution in [2.45, 2.75) is 0 Å². The highest BCUT2D eigenvalue weighted by Gasteiger charge is 2.40. The van der Waals surface area contributed by atoms with Crippen molar-refractivity contribution < 1.29 is 0 Å². The summed E-state index contributed by atoms with van der Waals surface area (Å²) >= 11 is 1.73. The molecule has 2 nitrogen and oxygen atoms in total. The topological polar surface area (TPSA) is 24.7 Å². The van der Waals surface area contributed by atoms with E-state index in [4.69, 9.17) is 9.32 Å². The molecule has 1 heterocycles. The van der Waals surface area contributed by atoms with Gasteiger partial charge >= 0.3 is 0 Å². The maximum Gasteiger partial charge on any atom is 0.273 e.